The lowest BCUT2D eigenvalue weighted by atomic mass is 9.81. The maximum absolute atomic E-state index is 13.6. The van der Waals surface area contributed by atoms with Gasteiger partial charge in [0.05, 0.1) is 19.3 Å². The number of rotatable bonds is 8. The van der Waals surface area contributed by atoms with Gasteiger partial charge < -0.3 is 20.6 Å². The summed E-state index contributed by atoms with van der Waals surface area (Å²) in [7, 11) is 1.39. The fourth-order valence-electron chi connectivity index (χ4n) is 4.09. The third-order valence-electron chi connectivity index (χ3n) is 5.95. The number of amides is 1. The van der Waals surface area contributed by atoms with Crippen LogP contribution in [0, 0.1) is 5.82 Å². The van der Waals surface area contributed by atoms with E-state index in [0.29, 0.717) is 11.1 Å². The number of benzene rings is 2. The van der Waals surface area contributed by atoms with Gasteiger partial charge in [-0.3, -0.25) is 4.79 Å². The highest BCUT2D eigenvalue weighted by molar-refractivity contribution is 5.97. The van der Waals surface area contributed by atoms with Gasteiger partial charge in [-0.2, -0.15) is 0 Å². The van der Waals surface area contributed by atoms with E-state index in [1.54, 1.807) is 31.2 Å². The van der Waals surface area contributed by atoms with Gasteiger partial charge in [-0.05, 0) is 30.7 Å². The van der Waals surface area contributed by atoms with Crippen LogP contribution in [-0.4, -0.2) is 41.2 Å². The number of carbonyl (C=O) groups is 2. The Kier molecular flexibility index (Phi) is 6.91. The zero-order valence-corrected chi connectivity index (χ0v) is 19.7. The summed E-state index contributed by atoms with van der Waals surface area (Å²) < 4.78 is 51.7. The van der Waals surface area contributed by atoms with Crippen molar-refractivity contribution in [2.75, 3.05) is 19.6 Å². The molecule has 2 aromatic carbocycles. The average Bonchev–Trinajstić information content (AvgIpc) is 3.18. The number of nitrogens with two attached hydrogens (primary N) is 1. The SMILES string of the molecule is CCOC(=O)c1c(-c2ccc(CNC(=O)c3cc(F)ccc3OC)cc2)nc(C2CC(F)(F)C2)n1N. The first-order chi connectivity index (χ1) is 17.1. The molecule has 8 nitrogen and oxygen atoms in total. The van der Waals surface area contributed by atoms with Crippen LogP contribution in [0.3, 0.4) is 0 Å². The van der Waals surface area contributed by atoms with E-state index in [9.17, 15) is 22.8 Å². The maximum Gasteiger partial charge on any atom is 0.359 e. The molecule has 1 aliphatic carbocycles. The number of carbonyl (C=O) groups excluding carboxylic acids is 2. The van der Waals surface area contributed by atoms with E-state index in [4.69, 9.17) is 15.3 Å². The molecule has 0 bridgehead atoms. The first-order valence-corrected chi connectivity index (χ1v) is 11.3. The Morgan fingerprint density at radius 3 is 2.50 bits per heavy atom. The zero-order chi connectivity index (χ0) is 26.0. The minimum atomic E-state index is -2.78. The quantitative estimate of drug-likeness (QED) is 0.356. The fourth-order valence-corrected chi connectivity index (χ4v) is 4.09. The van der Waals surface area contributed by atoms with Gasteiger partial charge in [0.25, 0.3) is 5.91 Å². The molecule has 1 amide bonds. The van der Waals surface area contributed by atoms with Gasteiger partial charge in [0, 0.05) is 30.9 Å². The van der Waals surface area contributed by atoms with Crippen LogP contribution < -0.4 is 15.9 Å². The number of esters is 1. The molecule has 190 valence electrons. The molecule has 3 aromatic rings. The van der Waals surface area contributed by atoms with Crippen LogP contribution in [0.15, 0.2) is 42.5 Å². The Morgan fingerprint density at radius 2 is 1.89 bits per heavy atom. The molecule has 0 aliphatic heterocycles. The van der Waals surface area contributed by atoms with Crippen LogP contribution in [0.2, 0.25) is 0 Å². The van der Waals surface area contributed by atoms with Gasteiger partial charge in [0.15, 0.2) is 5.69 Å². The number of hydrogen-bond donors (Lipinski definition) is 2. The second-order valence-electron chi connectivity index (χ2n) is 8.44. The van der Waals surface area contributed by atoms with E-state index < -0.39 is 42.4 Å². The molecule has 0 radical (unpaired) electrons. The number of alkyl halides is 2. The van der Waals surface area contributed by atoms with Crippen molar-refractivity contribution >= 4 is 11.9 Å². The summed E-state index contributed by atoms with van der Waals surface area (Å²) in [5.74, 6) is 1.41. The predicted octanol–water partition coefficient (Wildman–Crippen LogP) is 4.03. The summed E-state index contributed by atoms with van der Waals surface area (Å²) in [6.45, 7) is 1.89. The number of imidazole rings is 1. The molecule has 0 atom stereocenters. The van der Waals surface area contributed by atoms with E-state index in [1.807, 2.05) is 0 Å². The molecule has 4 rings (SSSR count). The number of aromatic nitrogens is 2. The molecule has 0 unspecified atom stereocenters. The highest BCUT2D eigenvalue weighted by atomic mass is 19.3. The molecule has 1 aromatic heterocycles. The van der Waals surface area contributed by atoms with Crippen molar-refractivity contribution in [2.24, 2.45) is 0 Å². The van der Waals surface area contributed by atoms with Crippen LogP contribution in [0.25, 0.3) is 11.3 Å². The lowest BCUT2D eigenvalue weighted by molar-refractivity contribution is -0.0888. The van der Waals surface area contributed by atoms with Crippen molar-refractivity contribution in [3.63, 3.8) is 0 Å². The summed E-state index contributed by atoms with van der Waals surface area (Å²) >= 11 is 0. The van der Waals surface area contributed by atoms with Crippen molar-refractivity contribution < 1.29 is 32.2 Å². The second-order valence-corrected chi connectivity index (χ2v) is 8.44. The molecular formula is C25H25F3N4O4. The number of ether oxygens (including phenoxy) is 2. The molecule has 3 N–H and O–H groups in total. The van der Waals surface area contributed by atoms with E-state index >= 15 is 0 Å². The lowest BCUT2D eigenvalue weighted by Crippen LogP contribution is -2.36. The van der Waals surface area contributed by atoms with Crippen molar-refractivity contribution in [3.05, 3.63) is 70.9 Å². The first-order valence-electron chi connectivity index (χ1n) is 11.3. The average molecular weight is 502 g/mol. The van der Waals surface area contributed by atoms with E-state index in [2.05, 4.69) is 10.3 Å². The second kappa shape index (κ2) is 9.92. The minimum Gasteiger partial charge on any atom is -0.496 e. The smallest absolute Gasteiger partial charge is 0.359 e. The van der Waals surface area contributed by atoms with E-state index in [-0.39, 0.29) is 41.7 Å². The maximum atomic E-state index is 13.6. The molecule has 0 spiro atoms. The molecule has 1 saturated carbocycles. The summed E-state index contributed by atoms with van der Waals surface area (Å²) in [5.41, 5.74) is 1.50. The van der Waals surface area contributed by atoms with Gasteiger partial charge in [-0.1, -0.05) is 24.3 Å². The van der Waals surface area contributed by atoms with Gasteiger partial charge in [0.1, 0.15) is 23.1 Å². The molecule has 1 aliphatic rings. The summed E-state index contributed by atoms with van der Waals surface area (Å²) in [5, 5.41) is 2.70. The number of nitrogens with zero attached hydrogens (tertiary/aromatic N) is 2. The summed E-state index contributed by atoms with van der Waals surface area (Å²) in [6.07, 6.45) is -0.782. The Morgan fingerprint density at radius 1 is 1.19 bits per heavy atom. The molecule has 1 heterocycles. The lowest BCUT2D eigenvalue weighted by Gasteiger charge is -2.34. The highest BCUT2D eigenvalue weighted by Crippen LogP contribution is 2.48. The van der Waals surface area contributed by atoms with Crippen molar-refractivity contribution in [1.29, 1.82) is 0 Å². The van der Waals surface area contributed by atoms with Gasteiger partial charge >= 0.3 is 5.97 Å². The number of nitrogens with one attached hydrogen (secondary N) is 1. The highest BCUT2D eigenvalue weighted by Gasteiger charge is 2.48. The van der Waals surface area contributed by atoms with Gasteiger partial charge in [-0.25, -0.2) is 27.6 Å². The fraction of sp³-hybridized carbons (Fsp3) is 0.320. The third-order valence-corrected chi connectivity index (χ3v) is 5.95. The number of nitrogen functional groups attached to an aromatic ring is 1. The number of halogens is 3. The third kappa shape index (κ3) is 5.00. The Balaban J connectivity index is 1.54. The molecule has 11 heteroatoms. The standard InChI is InChI=1S/C25H25F3N4O4/c1-3-36-24(34)21-20(31-22(32(21)29)16-11-25(27,28)12-16)15-6-4-14(5-7-15)13-30-23(33)18-10-17(26)8-9-19(18)35-2/h4-10,16H,3,11-13,29H2,1-2H3,(H,30,33). The Bertz CT molecular complexity index is 1280. The topological polar surface area (TPSA) is 108 Å². The first kappa shape index (κ1) is 25.1. The van der Waals surface area contributed by atoms with Crippen molar-refractivity contribution in [3.8, 4) is 17.0 Å². The van der Waals surface area contributed by atoms with Crippen LogP contribution >= 0.6 is 0 Å². The number of hydrogen-bond acceptors (Lipinski definition) is 6. The normalized spacial score (nSPS) is 14.7. The van der Waals surface area contributed by atoms with Crippen LogP contribution in [0.1, 0.15) is 57.9 Å². The van der Waals surface area contributed by atoms with Crippen LogP contribution in [0.4, 0.5) is 13.2 Å². The van der Waals surface area contributed by atoms with Crippen molar-refractivity contribution in [2.45, 2.75) is 38.2 Å². The summed E-state index contributed by atoms with van der Waals surface area (Å²) in [4.78, 5) is 29.5. The Hall–Kier alpha value is -4.02. The molecule has 1 fully saturated rings. The van der Waals surface area contributed by atoms with Gasteiger partial charge in [0.2, 0.25) is 5.92 Å². The molecular weight excluding hydrogens is 477 g/mol. The Labute approximate surface area is 205 Å². The minimum absolute atomic E-state index is 0.0266. The van der Waals surface area contributed by atoms with Crippen molar-refractivity contribution in [1.82, 2.24) is 15.0 Å². The van der Waals surface area contributed by atoms with Gasteiger partial charge in [-0.15, -0.1) is 0 Å². The largest absolute Gasteiger partial charge is 0.496 e. The monoisotopic (exact) mass is 502 g/mol. The predicted molar refractivity (Wildman–Crippen MR) is 125 cm³/mol. The van der Waals surface area contributed by atoms with E-state index in [0.717, 1.165) is 10.7 Å². The number of methoxy groups -OCH3 is 1. The van der Waals surface area contributed by atoms with Crippen LogP contribution in [0.5, 0.6) is 5.75 Å². The molecule has 36 heavy (non-hydrogen) atoms. The zero-order valence-electron chi connectivity index (χ0n) is 19.7. The summed E-state index contributed by atoms with van der Waals surface area (Å²) in [6, 6.07) is 10.4. The van der Waals surface area contributed by atoms with Crippen LogP contribution in [-0.2, 0) is 11.3 Å². The van der Waals surface area contributed by atoms with E-state index in [1.165, 1.54) is 19.2 Å². The molecule has 0 saturated heterocycles.